The normalized spacial score (nSPS) is 29.8. The van der Waals surface area contributed by atoms with Crippen LogP contribution in [0.5, 0.6) is 0 Å². The Labute approximate surface area is 119 Å². The highest BCUT2D eigenvalue weighted by molar-refractivity contribution is 5.80. The van der Waals surface area contributed by atoms with E-state index in [0.29, 0.717) is 6.04 Å². The minimum Gasteiger partial charge on any atom is -0.480 e. The quantitative estimate of drug-likeness (QED) is 0.834. The van der Waals surface area contributed by atoms with Crippen LogP contribution in [0.15, 0.2) is 12.4 Å². The Morgan fingerprint density at radius 3 is 2.95 bits per heavy atom. The van der Waals surface area contributed by atoms with Crippen molar-refractivity contribution in [2.45, 2.75) is 63.6 Å². The summed E-state index contributed by atoms with van der Waals surface area (Å²) in [5.74, 6) is 0.565. The van der Waals surface area contributed by atoms with E-state index < -0.39 is 11.5 Å². The summed E-state index contributed by atoms with van der Waals surface area (Å²) in [4.78, 5) is 16.1. The summed E-state index contributed by atoms with van der Waals surface area (Å²) in [7, 11) is 0. The van der Waals surface area contributed by atoms with Gasteiger partial charge in [-0.15, -0.1) is 0 Å². The second kappa shape index (κ2) is 5.20. The monoisotopic (exact) mass is 277 g/mol. The van der Waals surface area contributed by atoms with Gasteiger partial charge in [-0.25, -0.2) is 4.98 Å². The molecule has 2 aliphatic carbocycles. The molecule has 0 aliphatic heterocycles. The molecule has 20 heavy (non-hydrogen) atoms. The molecule has 3 rings (SSSR count). The molecule has 1 aromatic rings. The Bertz CT molecular complexity index is 495. The minimum absolute atomic E-state index is 0.224. The van der Waals surface area contributed by atoms with Gasteiger partial charge in [0.05, 0.1) is 0 Å². The summed E-state index contributed by atoms with van der Waals surface area (Å²) in [6.45, 7) is 2.85. The van der Waals surface area contributed by atoms with Gasteiger partial charge in [0, 0.05) is 25.0 Å². The standard InChI is InChI=1S/C15H23N3O2/c1-11-16-8-10-18(11)9-6-12-3-2-7-15(12,14(19)20)17-13-4-5-13/h8,10,12-13,17H,2-7,9H2,1H3,(H,19,20). The van der Waals surface area contributed by atoms with Gasteiger partial charge in [-0.3, -0.25) is 10.1 Å². The predicted molar refractivity (Wildman–Crippen MR) is 75.4 cm³/mol. The van der Waals surface area contributed by atoms with E-state index in [4.69, 9.17) is 0 Å². The number of nitrogens with zero attached hydrogens (tertiary/aromatic N) is 2. The van der Waals surface area contributed by atoms with Gasteiger partial charge >= 0.3 is 5.97 Å². The first-order valence-corrected chi connectivity index (χ1v) is 7.60. The molecule has 0 bridgehead atoms. The fraction of sp³-hybridized carbons (Fsp3) is 0.733. The molecule has 2 N–H and O–H groups in total. The minimum atomic E-state index is -0.685. The van der Waals surface area contributed by atoms with Crippen LogP contribution in [0.3, 0.4) is 0 Å². The van der Waals surface area contributed by atoms with Gasteiger partial charge < -0.3 is 9.67 Å². The zero-order chi connectivity index (χ0) is 14.2. The van der Waals surface area contributed by atoms with Crippen molar-refractivity contribution < 1.29 is 9.90 Å². The summed E-state index contributed by atoms with van der Waals surface area (Å²) in [6, 6.07) is 0.432. The topological polar surface area (TPSA) is 67.2 Å². The van der Waals surface area contributed by atoms with Crippen molar-refractivity contribution in [1.29, 1.82) is 0 Å². The number of rotatable bonds is 6. The highest BCUT2D eigenvalue weighted by Crippen LogP contribution is 2.41. The number of aromatic nitrogens is 2. The number of aliphatic carboxylic acids is 1. The number of carbonyl (C=O) groups is 1. The van der Waals surface area contributed by atoms with Gasteiger partial charge in [0.15, 0.2) is 0 Å². The van der Waals surface area contributed by atoms with Gasteiger partial charge in [-0.05, 0) is 44.9 Å². The number of hydrogen-bond donors (Lipinski definition) is 2. The van der Waals surface area contributed by atoms with Crippen molar-refractivity contribution in [1.82, 2.24) is 14.9 Å². The Kier molecular flexibility index (Phi) is 3.54. The smallest absolute Gasteiger partial charge is 0.324 e. The summed E-state index contributed by atoms with van der Waals surface area (Å²) in [5.41, 5.74) is -0.685. The summed E-state index contributed by atoms with van der Waals surface area (Å²) in [6.07, 6.45) is 9.73. The van der Waals surface area contributed by atoms with Crippen LogP contribution in [0.4, 0.5) is 0 Å². The molecular formula is C15H23N3O2. The zero-order valence-electron chi connectivity index (χ0n) is 12.0. The first kappa shape index (κ1) is 13.6. The molecule has 5 nitrogen and oxygen atoms in total. The second-order valence-corrected chi connectivity index (χ2v) is 6.24. The molecule has 0 aromatic carbocycles. The molecule has 0 radical (unpaired) electrons. The summed E-state index contributed by atoms with van der Waals surface area (Å²) >= 11 is 0. The van der Waals surface area contributed by atoms with E-state index in [2.05, 4.69) is 14.9 Å². The van der Waals surface area contributed by atoms with Crippen LogP contribution in [-0.2, 0) is 11.3 Å². The highest BCUT2D eigenvalue weighted by Gasteiger charge is 2.50. The lowest BCUT2D eigenvalue weighted by molar-refractivity contribution is -0.147. The number of carboxylic acid groups (broad SMARTS) is 1. The molecule has 110 valence electrons. The first-order valence-electron chi connectivity index (χ1n) is 7.60. The van der Waals surface area contributed by atoms with E-state index in [1.807, 2.05) is 13.1 Å². The molecule has 0 saturated heterocycles. The van der Waals surface area contributed by atoms with E-state index in [9.17, 15) is 9.90 Å². The largest absolute Gasteiger partial charge is 0.480 e. The Balaban J connectivity index is 1.69. The summed E-state index contributed by atoms with van der Waals surface area (Å²) in [5, 5.41) is 13.2. The van der Waals surface area contributed by atoms with E-state index in [-0.39, 0.29) is 5.92 Å². The van der Waals surface area contributed by atoms with Crippen molar-refractivity contribution in [2.24, 2.45) is 5.92 Å². The lowest BCUT2D eigenvalue weighted by Crippen LogP contribution is -2.55. The maximum absolute atomic E-state index is 11.8. The number of hydrogen-bond acceptors (Lipinski definition) is 3. The Morgan fingerprint density at radius 2 is 2.35 bits per heavy atom. The zero-order valence-corrected chi connectivity index (χ0v) is 12.0. The van der Waals surface area contributed by atoms with Gasteiger partial charge in [-0.1, -0.05) is 6.42 Å². The van der Waals surface area contributed by atoms with Crippen molar-refractivity contribution >= 4 is 5.97 Å². The molecule has 1 aromatic heterocycles. The van der Waals surface area contributed by atoms with Crippen LogP contribution in [-0.4, -0.2) is 32.2 Å². The van der Waals surface area contributed by atoms with Crippen LogP contribution < -0.4 is 5.32 Å². The molecule has 2 unspecified atom stereocenters. The van der Waals surface area contributed by atoms with Crippen LogP contribution in [0.25, 0.3) is 0 Å². The summed E-state index contributed by atoms with van der Waals surface area (Å²) < 4.78 is 2.11. The van der Waals surface area contributed by atoms with Crippen molar-refractivity contribution in [3.8, 4) is 0 Å². The van der Waals surface area contributed by atoms with Crippen LogP contribution in [0.2, 0.25) is 0 Å². The van der Waals surface area contributed by atoms with Crippen molar-refractivity contribution in [2.75, 3.05) is 0 Å². The van der Waals surface area contributed by atoms with Crippen LogP contribution >= 0.6 is 0 Å². The third-order valence-corrected chi connectivity index (χ3v) is 4.88. The molecule has 1 heterocycles. The number of carboxylic acids is 1. The molecule has 2 aliphatic rings. The van der Waals surface area contributed by atoms with Crippen LogP contribution in [0, 0.1) is 12.8 Å². The van der Waals surface area contributed by atoms with Crippen LogP contribution in [0.1, 0.15) is 44.3 Å². The Morgan fingerprint density at radius 1 is 1.55 bits per heavy atom. The van der Waals surface area contributed by atoms with Gasteiger partial charge in [0.1, 0.15) is 11.4 Å². The molecule has 0 amide bonds. The second-order valence-electron chi connectivity index (χ2n) is 6.24. The third kappa shape index (κ3) is 2.46. The molecular weight excluding hydrogens is 254 g/mol. The lowest BCUT2D eigenvalue weighted by atomic mass is 9.84. The Hall–Kier alpha value is -1.36. The first-order chi connectivity index (χ1) is 9.62. The molecule has 2 fully saturated rings. The number of imidazole rings is 1. The van der Waals surface area contributed by atoms with Crippen molar-refractivity contribution in [3.63, 3.8) is 0 Å². The highest BCUT2D eigenvalue weighted by atomic mass is 16.4. The molecule has 0 spiro atoms. The molecule has 2 saturated carbocycles. The maximum Gasteiger partial charge on any atom is 0.324 e. The van der Waals surface area contributed by atoms with E-state index in [1.165, 1.54) is 0 Å². The van der Waals surface area contributed by atoms with Gasteiger partial charge in [-0.2, -0.15) is 0 Å². The number of nitrogens with one attached hydrogen (secondary N) is 1. The fourth-order valence-electron chi connectivity index (χ4n) is 3.53. The SMILES string of the molecule is Cc1nccn1CCC1CCCC1(NC1CC1)C(=O)O. The van der Waals surface area contributed by atoms with Crippen molar-refractivity contribution in [3.05, 3.63) is 18.2 Å². The number of aryl methyl sites for hydroxylation is 2. The third-order valence-electron chi connectivity index (χ3n) is 4.88. The lowest BCUT2D eigenvalue weighted by Gasteiger charge is -2.33. The fourth-order valence-corrected chi connectivity index (χ4v) is 3.53. The predicted octanol–water partition coefficient (Wildman–Crippen LogP) is 1.96. The van der Waals surface area contributed by atoms with Gasteiger partial charge in [0.2, 0.25) is 0 Å². The average molecular weight is 277 g/mol. The van der Waals surface area contributed by atoms with E-state index >= 15 is 0 Å². The molecule has 2 atom stereocenters. The van der Waals surface area contributed by atoms with E-state index in [0.717, 1.165) is 50.9 Å². The van der Waals surface area contributed by atoms with Gasteiger partial charge in [0.25, 0.3) is 0 Å². The average Bonchev–Trinajstić information content (AvgIpc) is 2.97. The molecule has 5 heteroatoms. The maximum atomic E-state index is 11.8. The van der Waals surface area contributed by atoms with E-state index in [1.54, 1.807) is 6.20 Å².